The molecule has 25 heavy (non-hydrogen) atoms. The predicted molar refractivity (Wildman–Crippen MR) is 111 cm³/mol. The lowest BCUT2D eigenvalue weighted by Gasteiger charge is -2.37. The molecule has 2 aliphatic carbocycles. The lowest BCUT2D eigenvalue weighted by atomic mass is 9.69. The summed E-state index contributed by atoms with van der Waals surface area (Å²) in [4.78, 5) is 5.14. The van der Waals surface area contributed by atoms with Gasteiger partial charge in [-0.25, -0.2) is 0 Å². The molecule has 2 fully saturated rings. The summed E-state index contributed by atoms with van der Waals surface area (Å²) in [7, 11) is 0. The minimum atomic E-state index is 0.386. The Labute approximate surface area is 156 Å². The van der Waals surface area contributed by atoms with Crippen LogP contribution in [-0.4, -0.2) is 18.5 Å². The highest BCUT2D eigenvalue weighted by Crippen LogP contribution is 2.40. The van der Waals surface area contributed by atoms with Gasteiger partial charge in [-0.05, 0) is 55.8 Å². The third-order valence-corrected chi connectivity index (χ3v) is 6.91. The molecule has 2 rings (SSSR count). The van der Waals surface area contributed by atoms with Crippen LogP contribution < -0.4 is 0 Å². The molecular formula is C23H42N2. The van der Waals surface area contributed by atoms with Gasteiger partial charge in [0.2, 0.25) is 0 Å². The van der Waals surface area contributed by atoms with Crippen molar-refractivity contribution in [2.45, 2.75) is 104 Å². The first kappa shape index (κ1) is 20.6. The Kier molecular flexibility index (Phi) is 9.20. The maximum Gasteiger partial charge on any atom is 0.0575 e. The third kappa shape index (κ3) is 5.93. The molecule has 0 heterocycles. The molecule has 1 N–H and O–H groups in total. The monoisotopic (exact) mass is 346 g/mol. The van der Waals surface area contributed by atoms with Gasteiger partial charge in [0.25, 0.3) is 0 Å². The average molecular weight is 347 g/mol. The number of aliphatic imine (C=N–C) groups is 1. The van der Waals surface area contributed by atoms with E-state index >= 15 is 0 Å². The molecule has 2 saturated carbocycles. The summed E-state index contributed by atoms with van der Waals surface area (Å²) < 4.78 is 0. The predicted octanol–water partition coefficient (Wildman–Crippen LogP) is 6.92. The summed E-state index contributed by atoms with van der Waals surface area (Å²) in [5.41, 5.74) is 0. The van der Waals surface area contributed by atoms with E-state index in [1.807, 2.05) is 0 Å². The highest BCUT2D eigenvalue weighted by atomic mass is 14.8. The molecule has 2 heteroatoms. The van der Waals surface area contributed by atoms with Gasteiger partial charge in [-0.1, -0.05) is 65.7 Å². The smallest absolute Gasteiger partial charge is 0.0575 e. The molecule has 0 aliphatic heterocycles. The summed E-state index contributed by atoms with van der Waals surface area (Å²) in [5, 5.41) is 7.81. The van der Waals surface area contributed by atoms with Gasteiger partial charge in [-0.15, -0.1) is 0 Å². The second-order valence-electron chi connectivity index (χ2n) is 8.76. The van der Waals surface area contributed by atoms with Crippen LogP contribution in [0.3, 0.4) is 0 Å². The van der Waals surface area contributed by atoms with E-state index in [2.05, 4.69) is 27.0 Å². The van der Waals surface area contributed by atoms with E-state index in [0.717, 1.165) is 17.8 Å². The lowest BCUT2D eigenvalue weighted by Crippen LogP contribution is -2.32. The van der Waals surface area contributed by atoms with Crippen molar-refractivity contribution in [1.82, 2.24) is 0 Å². The van der Waals surface area contributed by atoms with Crippen molar-refractivity contribution in [3.05, 3.63) is 0 Å². The maximum absolute atomic E-state index is 7.81. The van der Waals surface area contributed by atoms with Crippen LogP contribution in [0, 0.1) is 35.0 Å². The maximum atomic E-state index is 7.81. The van der Waals surface area contributed by atoms with Crippen molar-refractivity contribution in [2.75, 3.05) is 0 Å². The highest BCUT2D eigenvalue weighted by Gasteiger charge is 2.32. The highest BCUT2D eigenvalue weighted by molar-refractivity contribution is 5.64. The van der Waals surface area contributed by atoms with Crippen molar-refractivity contribution in [3.8, 4) is 0 Å². The molecule has 0 aromatic carbocycles. The van der Waals surface area contributed by atoms with Crippen LogP contribution >= 0.6 is 0 Å². The fourth-order valence-corrected chi connectivity index (χ4v) is 5.60. The van der Waals surface area contributed by atoms with Crippen molar-refractivity contribution in [2.24, 2.45) is 34.6 Å². The van der Waals surface area contributed by atoms with Gasteiger partial charge >= 0.3 is 0 Å². The summed E-state index contributed by atoms with van der Waals surface area (Å²) in [6.07, 6.45) is 20.0. The Hall–Kier alpha value is -0.660. The number of hydrogen-bond donors (Lipinski definition) is 1. The van der Waals surface area contributed by atoms with E-state index in [0.29, 0.717) is 17.9 Å². The second kappa shape index (κ2) is 11.1. The Balaban J connectivity index is 2.03. The average Bonchev–Trinajstić information content (AvgIpc) is 2.63. The van der Waals surface area contributed by atoms with E-state index in [-0.39, 0.29) is 0 Å². The Morgan fingerprint density at radius 1 is 0.880 bits per heavy atom. The van der Waals surface area contributed by atoms with Gasteiger partial charge < -0.3 is 5.41 Å². The molecule has 6 atom stereocenters. The zero-order valence-electron chi connectivity index (χ0n) is 17.1. The number of rotatable bonds is 9. The lowest BCUT2D eigenvalue weighted by molar-refractivity contribution is 0.174. The summed E-state index contributed by atoms with van der Waals surface area (Å²) in [5.74, 6) is 3.71. The van der Waals surface area contributed by atoms with Crippen LogP contribution in [0.1, 0.15) is 97.8 Å². The zero-order valence-corrected chi connectivity index (χ0v) is 17.1. The molecule has 0 bridgehead atoms. The molecule has 6 unspecified atom stereocenters. The zero-order chi connectivity index (χ0) is 18.1. The number of nitrogens with one attached hydrogen (secondary N) is 1. The normalized spacial score (nSPS) is 36.6. The van der Waals surface area contributed by atoms with Gasteiger partial charge in [0, 0.05) is 18.3 Å². The molecule has 0 aromatic heterocycles. The van der Waals surface area contributed by atoms with Crippen LogP contribution in [0.25, 0.3) is 0 Å². The van der Waals surface area contributed by atoms with Crippen molar-refractivity contribution >= 4 is 12.4 Å². The fourth-order valence-electron chi connectivity index (χ4n) is 5.60. The summed E-state index contributed by atoms with van der Waals surface area (Å²) in [6.45, 7) is 6.98. The van der Waals surface area contributed by atoms with E-state index in [9.17, 15) is 0 Å². The van der Waals surface area contributed by atoms with E-state index in [1.165, 1.54) is 77.0 Å². The van der Waals surface area contributed by atoms with Crippen molar-refractivity contribution in [3.63, 3.8) is 0 Å². The van der Waals surface area contributed by atoms with Gasteiger partial charge in [-0.3, -0.25) is 4.99 Å². The quantitative estimate of drug-likeness (QED) is 0.440. The summed E-state index contributed by atoms with van der Waals surface area (Å²) >= 11 is 0. The fraction of sp³-hybridized carbons (Fsp3) is 0.913. The molecule has 0 radical (unpaired) electrons. The minimum Gasteiger partial charge on any atom is -0.313 e. The van der Waals surface area contributed by atoms with Crippen LogP contribution in [0.5, 0.6) is 0 Å². The Morgan fingerprint density at radius 2 is 1.64 bits per heavy atom. The van der Waals surface area contributed by atoms with Crippen LogP contribution in [0.15, 0.2) is 4.99 Å². The summed E-state index contributed by atoms with van der Waals surface area (Å²) in [6, 6.07) is 0.386. The second-order valence-corrected chi connectivity index (χ2v) is 8.76. The van der Waals surface area contributed by atoms with Crippen LogP contribution in [0.2, 0.25) is 0 Å². The van der Waals surface area contributed by atoms with Crippen LogP contribution in [0.4, 0.5) is 0 Å². The first-order valence-corrected chi connectivity index (χ1v) is 11.3. The number of hydrogen-bond acceptors (Lipinski definition) is 2. The van der Waals surface area contributed by atoms with Crippen molar-refractivity contribution < 1.29 is 0 Å². The third-order valence-electron chi connectivity index (χ3n) is 6.91. The first-order chi connectivity index (χ1) is 12.2. The number of nitrogens with zero attached hydrogens (tertiary/aromatic N) is 1. The largest absolute Gasteiger partial charge is 0.313 e. The SMILES string of the molecule is CCCC1CCC(C=N)C(N=CC2CCCC(CCC)C2CCC)C1. The Morgan fingerprint density at radius 3 is 2.32 bits per heavy atom. The van der Waals surface area contributed by atoms with E-state index < -0.39 is 0 Å². The molecule has 2 nitrogen and oxygen atoms in total. The first-order valence-electron chi connectivity index (χ1n) is 11.3. The van der Waals surface area contributed by atoms with Gasteiger partial charge in [0.15, 0.2) is 0 Å². The molecule has 0 saturated heterocycles. The van der Waals surface area contributed by atoms with Crippen LogP contribution in [-0.2, 0) is 0 Å². The minimum absolute atomic E-state index is 0.386. The van der Waals surface area contributed by atoms with E-state index in [4.69, 9.17) is 10.4 Å². The standard InChI is InChI=1S/C23H42N2/c1-4-8-18-13-14-20(16-24)23(15-18)25-17-21-12-7-11-19(9-5-2)22(21)10-6-3/h16-24H,4-15H2,1-3H3. The van der Waals surface area contributed by atoms with Gasteiger partial charge in [-0.2, -0.15) is 0 Å². The van der Waals surface area contributed by atoms with E-state index in [1.54, 1.807) is 6.21 Å². The molecular weight excluding hydrogens is 304 g/mol. The molecule has 2 aliphatic rings. The molecule has 144 valence electrons. The topological polar surface area (TPSA) is 36.2 Å². The molecule has 0 spiro atoms. The Bertz CT molecular complexity index is 401. The molecule has 0 amide bonds. The molecule has 0 aromatic rings. The van der Waals surface area contributed by atoms with Crippen molar-refractivity contribution in [1.29, 1.82) is 5.41 Å². The van der Waals surface area contributed by atoms with Gasteiger partial charge in [0.05, 0.1) is 6.04 Å². The van der Waals surface area contributed by atoms with Gasteiger partial charge in [0.1, 0.15) is 0 Å².